The Labute approximate surface area is 363 Å². The predicted octanol–water partition coefficient (Wildman–Crippen LogP) is 13.1. The normalized spacial score (nSPS) is 12.8. The molecule has 13 heteroatoms. The van der Waals surface area contributed by atoms with Gasteiger partial charge in [-0.1, -0.05) is 91.9 Å². The fourth-order valence-electron chi connectivity index (χ4n) is 6.51. The van der Waals surface area contributed by atoms with E-state index in [9.17, 15) is 25.0 Å². The number of ether oxygens (including phenoxy) is 6. The van der Waals surface area contributed by atoms with Crippen molar-refractivity contribution in [1.82, 2.24) is 0 Å². The molecule has 4 rings (SSSR count). The van der Waals surface area contributed by atoms with Crippen LogP contribution < -0.4 is 14.2 Å². The van der Waals surface area contributed by atoms with Crippen LogP contribution in [-0.2, 0) is 14.2 Å². The Morgan fingerprint density at radius 2 is 1.30 bits per heavy atom. The van der Waals surface area contributed by atoms with Crippen molar-refractivity contribution >= 4 is 22.7 Å². The van der Waals surface area contributed by atoms with Gasteiger partial charge in [-0.3, -0.25) is 25.0 Å². The molecule has 0 N–H and O–H groups in total. The maximum absolute atomic E-state index is 12.5. The molecule has 1 atom stereocenters. The quantitative estimate of drug-likeness (QED) is 0.0681. The number of ketones is 1. The average Bonchev–Trinajstić information content (AvgIpc) is 3.25. The van der Waals surface area contributed by atoms with Crippen LogP contribution in [-0.4, -0.2) is 58.3 Å². The van der Waals surface area contributed by atoms with Gasteiger partial charge in [0.25, 0.3) is 11.4 Å². The van der Waals surface area contributed by atoms with Crippen LogP contribution in [0.3, 0.4) is 0 Å². The number of benzene rings is 3. The number of non-ortho nitro benzene ring substituents is 2. The van der Waals surface area contributed by atoms with Crippen LogP contribution >= 0.6 is 0 Å². The Hall–Kier alpha value is -5.85. The number of nitro groups is 2. The number of hydrogen-bond acceptors (Lipinski definition) is 11. The largest absolute Gasteiger partial charge is 0.497 e. The summed E-state index contributed by atoms with van der Waals surface area (Å²) in [6, 6.07) is 12.5. The number of allylic oxidation sites excluding steroid dienone is 3. The molecule has 0 spiro atoms. The van der Waals surface area contributed by atoms with Crippen molar-refractivity contribution in [3.05, 3.63) is 115 Å². The first-order valence-electron chi connectivity index (χ1n) is 20.7. The standard InChI is InChI=1S/C19H21NO6.C18H21NO5.C6H14.C5H12/c1-5-6-16(21)15-11-13(20(22)23)7-8-14(15)12-9-17(24-2)19(26-4)18(10-12)25-3;1-11(2)15-10-13(19(20)21)6-7-14(15)12-8-16(22-3)18(24-5)17(9-12)23-4;1-4-5-6(2)3;1-3-5-4-2/h7-11H,5-6H2,1-4H3;6-8,10,12H,1,9H2,2-5H3;6H,4-5H2,1-3H3;3-5H2,1-2H3. The monoisotopic (exact) mass is 848 g/mol. The summed E-state index contributed by atoms with van der Waals surface area (Å²) in [6.07, 6.45) is 10.2. The number of nitrogens with zero attached hydrogens (tertiary/aromatic N) is 2. The molecule has 0 saturated carbocycles. The fourth-order valence-corrected chi connectivity index (χ4v) is 6.51. The van der Waals surface area contributed by atoms with E-state index in [1.807, 2.05) is 19.9 Å². The third kappa shape index (κ3) is 15.9. The molecule has 3 aromatic carbocycles. The maximum atomic E-state index is 12.5. The van der Waals surface area contributed by atoms with Gasteiger partial charge in [0.05, 0.1) is 52.5 Å². The van der Waals surface area contributed by atoms with Crippen molar-refractivity contribution in [1.29, 1.82) is 0 Å². The van der Waals surface area contributed by atoms with E-state index in [1.54, 1.807) is 51.7 Å². The molecule has 13 nitrogen and oxygen atoms in total. The van der Waals surface area contributed by atoms with E-state index >= 15 is 0 Å². The molecule has 336 valence electrons. The summed E-state index contributed by atoms with van der Waals surface area (Å²) in [5.41, 5.74) is 3.91. The molecule has 0 amide bonds. The lowest BCUT2D eigenvalue weighted by Gasteiger charge is -2.26. The van der Waals surface area contributed by atoms with Gasteiger partial charge in [-0.25, -0.2) is 0 Å². The van der Waals surface area contributed by atoms with Crippen LogP contribution in [0.2, 0.25) is 0 Å². The topological polar surface area (TPSA) is 159 Å². The minimum absolute atomic E-state index is 0.0450. The first-order valence-corrected chi connectivity index (χ1v) is 20.7. The van der Waals surface area contributed by atoms with E-state index in [0.717, 1.165) is 22.6 Å². The van der Waals surface area contributed by atoms with Crippen molar-refractivity contribution in [2.45, 2.75) is 106 Å². The molecule has 61 heavy (non-hydrogen) atoms. The molecule has 0 saturated heterocycles. The Balaban J connectivity index is 0.000000491. The van der Waals surface area contributed by atoms with Crippen molar-refractivity contribution in [3.8, 4) is 28.4 Å². The number of carbonyl (C=O) groups is 1. The minimum atomic E-state index is -0.512. The van der Waals surface area contributed by atoms with Crippen LogP contribution in [0.15, 0.2) is 78.5 Å². The van der Waals surface area contributed by atoms with E-state index < -0.39 is 9.85 Å². The predicted molar refractivity (Wildman–Crippen MR) is 244 cm³/mol. The first kappa shape index (κ1) is 53.2. The lowest BCUT2D eigenvalue weighted by atomic mass is 9.85. The highest BCUT2D eigenvalue weighted by molar-refractivity contribution is 6.03. The third-order valence-electron chi connectivity index (χ3n) is 9.55. The van der Waals surface area contributed by atoms with Gasteiger partial charge in [-0.15, -0.1) is 0 Å². The van der Waals surface area contributed by atoms with Gasteiger partial charge in [0.2, 0.25) is 5.75 Å². The molecule has 0 bridgehead atoms. The molecule has 3 aromatic rings. The average molecular weight is 849 g/mol. The highest BCUT2D eigenvalue weighted by Gasteiger charge is 2.28. The zero-order valence-electron chi connectivity index (χ0n) is 38.6. The summed E-state index contributed by atoms with van der Waals surface area (Å²) in [7, 11) is 9.21. The van der Waals surface area contributed by atoms with Gasteiger partial charge in [-0.05, 0) is 65.8 Å². The summed E-state index contributed by atoms with van der Waals surface area (Å²) in [5.74, 6) is 3.82. The minimum Gasteiger partial charge on any atom is -0.497 e. The van der Waals surface area contributed by atoms with Crippen LogP contribution in [0.4, 0.5) is 11.4 Å². The summed E-state index contributed by atoms with van der Waals surface area (Å²) >= 11 is 0. The van der Waals surface area contributed by atoms with Crippen LogP contribution in [0.25, 0.3) is 16.7 Å². The van der Waals surface area contributed by atoms with Crippen molar-refractivity contribution in [2.24, 2.45) is 5.92 Å². The number of nitro benzene ring substituents is 2. The SMILES string of the molecule is C=C(C)c1cc([N+](=O)[O-])ccc1C1C=C(OC)C(OC)=C(OC)C1.CCCC(=O)c1cc([N+](=O)[O-])ccc1-c1cc(OC)c(OC)c(OC)c1.CCCC(C)C.CCCCC. The van der Waals surface area contributed by atoms with E-state index in [4.69, 9.17) is 28.4 Å². The first-order chi connectivity index (χ1) is 29.1. The van der Waals surface area contributed by atoms with Gasteiger partial charge in [0, 0.05) is 48.6 Å². The number of hydrogen-bond donors (Lipinski definition) is 0. The third-order valence-corrected chi connectivity index (χ3v) is 9.55. The molecule has 0 aliphatic heterocycles. The molecule has 1 unspecified atom stereocenters. The van der Waals surface area contributed by atoms with Crippen molar-refractivity contribution in [2.75, 3.05) is 42.7 Å². The molecule has 1 aliphatic carbocycles. The highest BCUT2D eigenvalue weighted by Crippen LogP contribution is 2.43. The van der Waals surface area contributed by atoms with Crippen molar-refractivity contribution < 1.29 is 43.1 Å². The second-order valence-corrected chi connectivity index (χ2v) is 14.6. The van der Waals surface area contributed by atoms with Crippen LogP contribution in [0.1, 0.15) is 127 Å². The van der Waals surface area contributed by atoms with Crippen molar-refractivity contribution in [3.63, 3.8) is 0 Å². The molecule has 0 aromatic heterocycles. The lowest BCUT2D eigenvalue weighted by molar-refractivity contribution is -0.385. The van der Waals surface area contributed by atoms with E-state index in [2.05, 4.69) is 41.2 Å². The van der Waals surface area contributed by atoms with Gasteiger partial charge >= 0.3 is 0 Å². The summed E-state index contributed by atoms with van der Waals surface area (Å²) in [5, 5.41) is 22.1. The van der Waals surface area contributed by atoms with E-state index in [1.165, 1.54) is 71.6 Å². The lowest BCUT2D eigenvalue weighted by Crippen LogP contribution is -2.13. The maximum Gasteiger partial charge on any atom is 0.270 e. The zero-order chi connectivity index (χ0) is 46.2. The Morgan fingerprint density at radius 3 is 1.67 bits per heavy atom. The van der Waals surface area contributed by atoms with Gasteiger partial charge < -0.3 is 28.4 Å². The van der Waals surface area contributed by atoms with E-state index in [0.29, 0.717) is 70.5 Å². The van der Waals surface area contributed by atoms with Gasteiger partial charge in [-0.2, -0.15) is 0 Å². The number of carbonyl (C=O) groups excluding carboxylic acids is 1. The molecule has 1 aliphatic rings. The molecule has 0 fully saturated rings. The number of rotatable bonds is 18. The number of Topliss-reactive ketones (excluding diaryl/α,β-unsaturated/α-hetero) is 1. The van der Waals surface area contributed by atoms with E-state index in [-0.39, 0.29) is 23.1 Å². The van der Waals surface area contributed by atoms with Gasteiger partial charge in [0.1, 0.15) is 5.76 Å². The summed E-state index contributed by atoms with van der Waals surface area (Å²) in [6.45, 7) is 18.8. The van der Waals surface area contributed by atoms with Crippen LogP contribution in [0, 0.1) is 26.1 Å². The molecule has 0 heterocycles. The second kappa shape index (κ2) is 27.8. The van der Waals surface area contributed by atoms with Gasteiger partial charge in [0.15, 0.2) is 28.8 Å². The Bertz CT molecular complexity index is 1940. The smallest absolute Gasteiger partial charge is 0.270 e. The molecular formula is C48H68N2O11. The summed E-state index contributed by atoms with van der Waals surface area (Å²) in [4.78, 5) is 33.8. The Kier molecular flexibility index (Phi) is 24.2. The fraction of sp³-hybridized carbons (Fsp3) is 0.479. The number of unbranched alkanes of at least 4 members (excludes halogenated alkanes) is 2. The molecule has 0 radical (unpaired) electrons. The second-order valence-electron chi connectivity index (χ2n) is 14.6. The molecular weight excluding hydrogens is 781 g/mol. The number of methoxy groups -OCH3 is 6. The zero-order valence-corrected chi connectivity index (χ0v) is 38.6. The highest BCUT2D eigenvalue weighted by atomic mass is 16.6. The van der Waals surface area contributed by atoms with Crippen LogP contribution in [0.5, 0.6) is 17.2 Å². The Morgan fingerprint density at radius 1 is 0.738 bits per heavy atom. The summed E-state index contributed by atoms with van der Waals surface area (Å²) < 4.78 is 32.2.